The highest BCUT2D eigenvalue weighted by Gasteiger charge is 2.27. The molecule has 0 saturated heterocycles. The van der Waals surface area contributed by atoms with Gasteiger partial charge in [-0.15, -0.1) is 0 Å². The molecule has 1 N–H and O–H groups in total. The third kappa shape index (κ3) is 4.65. The van der Waals surface area contributed by atoms with Gasteiger partial charge in [-0.25, -0.2) is 13.1 Å². The van der Waals surface area contributed by atoms with E-state index < -0.39 is 10.0 Å². The Morgan fingerprint density at radius 2 is 1.69 bits per heavy atom. The van der Waals surface area contributed by atoms with E-state index in [4.69, 9.17) is 4.74 Å². The topological polar surface area (TPSA) is 55.4 Å². The van der Waals surface area contributed by atoms with Gasteiger partial charge in [0.05, 0.1) is 12.0 Å². The van der Waals surface area contributed by atoms with E-state index >= 15 is 0 Å². The molecule has 0 spiro atoms. The molecule has 0 aromatic heterocycles. The number of rotatable bonds is 7. The summed E-state index contributed by atoms with van der Waals surface area (Å²) in [5.74, 6) is 0.694. The number of aryl methyl sites for hydroxylation is 2. The van der Waals surface area contributed by atoms with Crippen molar-refractivity contribution in [2.45, 2.75) is 57.4 Å². The lowest BCUT2D eigenvalue weighted by Gasteiger charge is -2.29. The van der Waals surface area contributed by atoms with E-state index in [9.17, 15) is 8.42 Å². The minimum absolute atomic E-state index is 0.131. The highest BCUT2D eigenvalue weighted by molar-refractivity contribution is 7.89. The van der Waals surface area contributed by atoms with Crippen LogP contribution in [0.3, 0.4) is 0 Å². The molecular formula is C21H29NO3S. The second kappa shape index (κ2) is 7.80. The van der Waals surface area contributed by atoms with Gasteiger partial charge < -0.3 is 4.74 Å². The molecule has 0 bridgehead atoms. The quantitative estimate of drug-likeness (QED) is 0.783. The molecule has 2 rings (SSSR count). The molecule has 0 aliphatic rings. The molecule has 26 heavy (non-hydrogen) atoms. The van der Waals surface area contributed by atoms with Crippen molar-refractivity contribution < 1.29 is 13.2 Å². The van der Waals surface area contributed by atoms with Gasteiger partial charge in [-0.1, -0.05) is 44.2 Å². The molecular weight excluding hydrogens is 346 g/mol. The van der Waals surface area contributed by atoms with Crippen LogP contribution in [0, 0.1) is 13.8 Å². The normalized spacial score (nSPS) is 13.5. The molecule has 2 aromatic rings. The fourth-order valence-corrected chi connectivity index (χ4v) is 4.97. The smallest absolute Gasteiger partial charge is 0.241 e. The van der Waals surface area contributed by atoms with Crippen LogP contribution in [-0.2, 0) is 15.4 Å². The third-order valence-corrected chi connectivity index (χ3v) is 6.44. The summed E-state index contributed by atoms with van der Waals surface area (Å²) in [6.07, 6.45) is 0.699. The molecule has 0 aliphatic heterocycles. The highest BCUT2D eigenvalue weighted by Crippen LogP contribution is 2.29. The molecule has 0 saturated carbocycles. The summed E-state index contributed by atoms with van der Waals surface area (Å²) in [5.41, 5.74) is 2.54. The van der Waals surface area contributed by atoms with Gasteiger partial charge in [0.1, 0.15) is 5.75 Å². The van der Waals surface area contributed by atoms with E-state index in [1.165, 1.54) is 5.56 Å². The number of ether oxygens (including phenoxy) is 1. The monoisotopic (exact) mass is 375 g/mol. The van der Waals surface area contributed by atoms with Crippen LogP contribution in [0.2, 0.25) is 0 Å². The van der Waals surface area contributed by atoms with Gasteiger partial charge in [0.25, 0.3) is 0 Å². The molecule has 1 atom stereocenters. The molecule has 0 amide bonds. The van der Waals surface area contributed by atoms with Crippen LogP contribution >= 0.6 is 0 Å². The van der Waals surface area contributed by atoms with Crippen molar-refractivity contribution in [2.24, 2.45) is 0 Å². The Kier molecular flexibility index (Phi) is 6.14. The van der Waals surface area contributed by atoms with Gasteiger partial charge in [-0.3, -0.25) is 0 Å². The summed E-state index contributed by atoms with van der Waals surface area (Å²) < 4.78 is 33.9. The summed E-state index contributed by atoms with van der Waals surface area (Å²) in [7, 11) is -2.01. The largest absolute Gasteiger partial charge is 0.496 e. The van der Waals surface area contributed by atoms with E-state index in [-0.39, 0.29) is 11.5 Å². The minimum atomic E-state index is -3.60. The van der Waals surface area contributed by atoms with E-state index in [0.717, 1.165) is 5.56 Å². The van der Waals surface area contributed by atoms with E-state index in [0.29, 0.717) is 22.6 Å². The van der Waals surface area contributed by atoms with Crippen molar-refractivity contribution >= 4 is 10.0 Å². The zero-order valence-corrected chi connectivity index (χ0v) is 17.3. The Hall–Kier alpha value is -1.85. The van der Waals surface area contributed by atoms with E-state index in [2.05, 4.69) is 30.7 Å². The number of hydrogen-bond donors (Lipinski definition) is 1. The first-order valence-corrected chi connectivity index (χ1v) is 10.3. The predicted octanol–water partition coefficient (Wildman–Crippen LogP) is 4.35. The molecule has 2 aromatic carbocycles. The van der Waals surface area contributed by atoms with Crippen molar-refractivity contribution in [3.63, 3.8) is 0 Å². The fourth-order valence-electron chi connectivity index (χ4n) is 3.42. The van der Waals surface area contributed by atoms with E-state index in [1.807, 2.05) is 32.0 Å². The van der Waals surface area contributed by atoms with Crippen molar-refractivity contribution in [2.75, 3.05) is 7.11 Å². The van der Waals surface area contributed by atoms with Gasteiger partial charge in [0, 0.05) is 6.04 Å². The predicted molar refractivity (Wildman–Crippen MR) is 106 cm³/mol. The summed E-state index contributed by atoms with van der Waals surface area (Å²) in [6, 6.07) is 13.4. The lowest BCUT2D eigenvalue weighted by Crippen LogP contribution is -2.37. The number of nitrogens with one attached hydrogen (secondary N) is 1. The number of sulfonamides is 1. The standard InChI is InChI=1S/C21H29NO3S/c1-15-13-20(16(2)12-19(15)25-6)26(23,24)22-17(3)14-21(4,5)18-10-8-7-9-11-18/h7-13,17,22H,14H2,1-6H3. The summed E-state index contributed by atoms with van der Waals surface area (Å²) in [4.78, 5) is 0.306. The molecule has 0 heterocycles. The summed E-state index contributed by atoms with van der Waals surface area (Å²) >= 11 is 0. The number of benzene rings is 2. The maximum Gasteiger partial charge on any atom is 0.241 e. The van der Waals surface area contributed by atoms with Crippen LogP contribution in [0.4, 0.5) is 0 Å². The summed E-state index contributed by atoms with van der Waals surface area (Å²) in [6.45, 7) is 9.81. The van der Waals surface area contributed by atoms with Crippen molar-refractivity contribution in [1.82, 2.24) is 4.72 Å². The Balaban J connectivity index is 2.20. The van der Waals surface area contributed by atoms with Gasteiger partial charge in [-0.2, -0.15) is 0 Å². The van der Waals surface area contributed by atoms with Crippen LogP contribution in [-0.4, -0.2) is 21.6 Å². The average Bonchev–Trinajstić information content (AvgIpc) is 2.56. The highest BCUT2D eigenvalue weighted by atomic mass is 32.2. The Morgan fingerprint density at radius 3 is 2.27 bits per heavy atom. The SMILES string of the molecule is COc1cc(C)c(S(=O)(=O)NC(C)CC(C)(C)c2ccccc2)cc1C. The van der Waals surface area contributed by atoms with Crippen LogP contribution in [0.25, 0.3) is 0 Å². The van der Waals surface area contributed by atoms with Gasteiger partial charge in [0.15, 0.2) is 0 Å². The minimum Gasteiger partial charge on any atom is -0.496 e. The lowest BCUT2D eigenvalue weighted by molar-refractivity contribution is 0.410. The lowest BCUT2D eigenvalue weighted by atomic mass is 9.79. The maximum absolute atomic E-state index is 12.9. The average molecular weight is 376 g/mol. The fraction of sp³-hybridized carbons (Fsp3) is 0.429. The molecule has 142 valence electrons. The first kappa shape index (κ1) is 20.5. The van der Waals surface area contributed by atoms with Gasteiger partial charge in [-0.05, 0) is 61.4 Å². The molecule has 5 heteroatoms. The second-order valence-corrected chi connectivity index (χ2v) is 9.25. The second-order valence-electron chi connectivity index (χ2n) is 7.56. The Labute approximate surface area is 157 Å². The number of methoxy groups -OCH3 is 1. The van der Waals surface area contributed by atoms with Gasteiger partial charge in [0.2, 0.25) is 10.0 Å². The van der Waals surface area contributed by atoms with Crippen LogP contribution in [0.1, 0.15) is 43.9 Å². The van der Waals surface area contributed by atoms with Gasteiger partial charge >= 0.3 is 0 Å². The van der Waals surface area contributed by atoms with E-state index in [1.54, 1.807) is 26.2 Å². The first-order valence-electron chi connectivity index (χ1n) is 8.80. The van der Waals surface area contributed by atoms with Crippen LogP contribution < -0.4 is 9.46 Å². The molecule has 4 nitrogen and oxygen atoms in total. The zero-order chi connectivity index (χ0) is 19.5. The number of hydrogen-bond acceptors (Lipinski definition) is 3. The molecule has 0 aliphatic carbocycles. The van der Waals surface area contributed by atoms with Crippen LogP contribution in [0.15, 0.2) is 47.4 Å². The van der Waals surface area contributed by atoms with Crippen molar-refractivity contribution in [1.29, 1.82) is 0 Å². The maximum atomic E-state index is 12.9. The zero-order valence-electron chi connectivity index (χ0n) is 16.5. The third-order valence-electron chi connectivity index (χ3n) is 4.71. The molecule has 0 fully saturated rings. The van der Waals surface area contributed by atoms with Crippen molar-refractivity contribution in [3.8, 4) is 5.75 Å². The first-order chi connectivity index (χ1) is 12.1. The molecule has 0 radical (unpaired) electrons. The Bertz CT molecular complexity index is 858. The Morgan fingerprint density at radius 1 is 1.08 bits per heavy atom. The summed E-state index contributed by atoms with van der Waals surface area (Å²) in [5, 5.41) is 0. The molecule has 1 unspecified atom stereocenters. The van der Waals surface area contributed by atoms with Crippen LogP contribution in [0.5, 0.6) is 5.75 Å². The van der Waals surface area contributed by atoms with Crippen molar-refractivity contribution in [3.05, 3.63) is 59.2 Å².